The predicted octanol–water partition coefficient (Wildman–Crippen LogP) is 2.22. The monoisotopic (exact) mass is 277 g/mol. The molecule has 0 unspecified atom stereocenters. The van der Waals surface area contributed by atoms with Crippen molar-refractivity contribution in [3.05, 3.63) is 28.3 Å². The van der Waals surface area contributed by atoms with Gasteiger partial charge < -0.3 is 15.2 Å². The number of likely N-dealkylation sites (N-methyl/N-ethyl adjacent to an activating group) is 1. The fourth-order valence-electron chi connectivity index (χ4n) is 1.65. The Morgan fingerprint density at radius 2 is 2.15 bits per heavy atom. The second-order valence-electron chi connectivity index (χ2n) is 5.60. The summed E-state index contributed by atoms with van der Waals surface area (Å²) in [7, 11) is 4.04. The Hall–Kier alpha value is -2.15. The third kappa shape index (κ3) is 2.88. The highest BCUT2D eigenvalue weighted by Crippen LogP contribution is 2.21. The van der Waals surface area contributed by atoms with E-state index in [-0.39, 0.29) is 11.2 Å². The van der Waals surface area contributed by atoms with E-state index in [4.69, 9.17) is 0 Å². The van der Waals surface area contributed by atoms with Crippen LogP contribution in [0.1, 0.15) is 13.8 Å². The Kier molecular flexibility index (Phi) is 3.63. The van der Waals surface area contributed by atoms with Crippen molar-refractivity contribution < 1.29 is 4.92 Å². The summed E-state index contributed by atoms with van der Waals surface area (Å²) >= 11 is 0. The van der Waals surface area contributed by atoms with E-state index in [0.717, 1.165) is 0 Å². The third-order valence-electron chi connectivity index (χ3n) is 3.58. The van der Waals surface area contributed by atoms with Crippen molar-refractivity contribution in [2.75, 3.05) is 26.0 Å². The van der Waals surface area contributed by atoms with Gasteiger partial charge in [0.2, 0.25) is 5.95 Å². The summed E-state index contributed by atoms with van der Waals surface area (Å²) in [6.07, 6.45) is 0. The van der Waals surface area contributed by atoms with Crippen molar-refractivity contribution in [3.8, 4) is 0 Å². The highest BCUT2D eigenvalue weighted by Gasteiger charge is 2.20. The Labute approximate surface area is 117 Å². The predicted molar refractivity (Wildman–Crippen MR) is 79.0 cm³/mol. The molecule has 2 aromatic rings. The maximum Gasteiger partial charge on any atom is 0.271 e. The number of nitro groups is 1. The van der Waals surface area contributed by atoms with Gasteiger partial charge in [0, 0.05) is 24.2 Å². The van der Waals surface area contributed by atoms with Crippen LogP contribution in [0, 0.1) is 10.1 Å². The fourth-order valence-corrected chi connectivity index (χ4v) is 1.65. The minimum Gasteiger partial charge on any atom is -0.354 e. The van der Waals surface area contributed by atoms with E-state index < -0.39 is 4.92 Å². The summed E-state index contributed by atoms with van der Waals surface area (Å²) in [5.41, 5.74) is 1.40. The van der Waals surface area contributed by atoms with E-state index >= 15 is 0 Å². The summed E-state index contributed by atoms with van der Waals surface area (Å²) in [6, 6.07) is 4.59. The Morgan fingerprint density at radius 1 is 1.45 bits per heavy atom. The van der Waals surface area contributed by atoms with Gasteiger partial charge in [0.1, 0.15) is 0 Å². The molecule has 0 amide bonds. The normalized spacial score (nSPS) is 12.1. The number of non-ortho nitro benzene ring substituents is 1. The molecule has 1 aromatic heterocycles. The molecule has 0 aliphatic carbocycles. The van der Waals surface area contributed by atoms with Crippen LogP contribution in [0.25, 0.3) is 11.0 Å². The average Bonchev–Trinajstić information content (AvgIpc) is 2.77. The van der Waals surface area contributed by atoms with Gasteiger partial charge in [-0.15, -0.1) is 0 Å². The number of benzene rings is 1. The number of H-pyrrole nitrogens is 1. The van der Waals surface area contributed by atoms with Crippen LogP contribution in [0.4, 0.5) is 11.6 Å². The summed E-state index contributed by atoms with van der Waals surface area (Å²) < 4.78 is 0. The van der Waals surface area contributed by atoms with E-state index in [9.17, 15) is 10.1 Å². The van der Waals surface area contributed by atoms with E-state index in [2.05, 4.69) is 34.0 Å². The van der Waals surface area contributed by atoms with Crippen molar-refractivity contribution in [1.29, 1.82) is 0 Å². The molecular weight excluding hydrogens is 258 g/mol. The number of nitrogens with one attached hydrogen (secondary N) is 2. The minimum atomic E-state index is -0.414. The van der Waals surface area contributed by atoms with Crippen LogP contribution in [0.5, 0.6) is 0 Å². The molecule has 7 heteroatoms. The molecule has 1 aromatic carbocycles. The van der Waals surface area contributed by atoms with Crippen LogP contribution >= 0.6 is 0 Å². The van der Waals surface area contributed by atoms with E-state index in [1.54, 1.807) is 6.07 Å². The molecule has 0 bridgehead atoms. The number of aromatic amines is 1. The first-order chi connectivity index (χ1) is 9.29. The number of hydrogen-bond acceptors (Lipinski definition) is 5. The molecule has 1 heterocycles. The first kappa shape index (κ1) is 14.3. The lowest BCUT2D eigenvalue weighted by Crippen LogP contribution is -2.44. The second-order valence-corrected chi connectivity index (χ2v) is 5.60. The smallest absolute Gasteiger partial charge is 0.271 e. The fraction of sp³-hybridized carbons (Fsp3) is 0.462. The topological polar surface area (TPSA) is 87.1 Å². The second kappa shape index (κ2) is 5.09. The Balaban J connectivity index is 2.18. The lowest BCUT2D eigenvalue weighted by atomic mass is 10.1. The number of aromatic nitrogens is 2. The molecule has 2 N–H and O–H groups in total. The zero-order valence-corrected chi connectivity index (χ0v) is 12.1. The number of imidazole rings is 1. The lowest BCUT2D eigenvalue weighted by molar-refractivity contribution is -0.384. The van der Waals surface area contributed by atoms with E-state index in [1.807, 2.05) is 14.1 Å². The molecule has 0 radical (unpaired) electrons. The molecule has 0 saturated heterocycles. The van der Waals surface area contributed by atoms with Crippen molar-refractivity contribution in [3.63, 3.8) is 0 Å². The molecular formula is C13H19N5O2. The highest BCUT2D eigenvalue weighted by atomic mass is 16.6. The van der Waals surface area contributed by atoms with Crippen molar-refractivity contribution in [2.24, 2.45) is 0 Å². The van der Waals surface area contributed by atoms with Crippen LogP contribution < -0.4 is 5.32 Å². The largest absolute Gasteiger partial charge is 0.354 e. The lowest BCUT2D eigenvalue weighted by Gasteiger charge is -2.32. The van der Waals surface area contributed by atoms with Crippen molar-refractivity contribution in [1.82, 2.24) is 14.9 Å². The summed E-state index contributed by atoms with van der Waals surface area (Å²) in [4.78, 5) is 19.9. The Morgan fingerprint density at radius 3 is 2.75 bits per heavy atom. The number of hydrogen-bond donors (Lipinski definition) is 2. The van der Waals surface area contributed by atoms with Crippen LogP contribution in [0.15, 0.2) is 18.2 Å². The zero-order chi connectivity index (χ0) is 14.9. The summed E-state index contributed by atoms with van der Waals surface area (Å²) in [6.45, 7) is 4.95. The molecule has 2 rings (SSSR count). The summed E-state index contributed by atoms with van der Waals surface area (Å²) in [5, 5.41) is 14.0. The van der Waals surface area contributed by atoms with Crippen LogP contribution in [-0.4, -0.2) is 46.0 Å². The zero-order valence-electron chi connectivity index (χ0n) is 12.1. The number of nitro benzene ring substituents is 1. The molecule has 108 valence electrons. The maximum absolute atomic E-state index is 10.7. The van der Waals surface area contributed by atoms with E-state index in [0.29, 0.717) is 23.5 Å². The molecule has 0 fully saturated rings. The maximum atomic E-state index is 10.7. The van der Waals surface area contributed by atoms with Gasteiger partial charge in [0.05, 0.1) is 16.0 Å². The van der Waals surface area contributed by atoms with Crippen molar-refractivity contribution in [2.45, 2.75) is 19.4 Å². The molecule has 20 heavy (non-hydrogen) atoms. The molecule has 0 atom stereocenters. The van der Waals surface area contributed by atoms with Crippen molar-refractivity contribution >= 4 is 22.7 Å². The molecule has 0 saturated carbocycles. The molecule has 0 aliphatic heterocycles. The number of nitrogens with zero attached hydrogens (tertiary/aromatic N) is 3. The SMILES string of the molecule is CN(C)C(C)(C)CNc1nc2ccc([N+](=O)[O-])cc2[nH]1. The first-order valence-electron chi connectivity index (χ1n) is 6.35. The standard InChI is InChI=1S/C13H19N5O2/c1-13(2,17(3)4)8-14-12-15-10-6-5-9(18(19)20)7-11(10)16-12/h5-7H,8H2,1-4H3,(H2,14,15,16). The van der Waals surface area contributed by atoms with Gasteiger partial charge in [-0.2, -0.15) is 0 Å². The van der Waals surface area contributed by atoms with Gasteiger partial charge in [-0.25, -0.2) is 4.98 Å². The summed E-state index contributed by atoms with van der Waals surface area (Å²) in [5.74, 6) is 0.621. The van der Waals surface area contributed by atoms with Gasteiger partial charge in [0.15, 0.2) is 0 Å². The number of rotatable bonds is 5. The first-order valence-corrected chi connectivity index (χ1v) is 6.35. The minimum absolute atomic E-state index is 0.0228. The van der Waals surface area contributed by atoms with Crippen LogP contribution in [0.3, 0.4) is 0 Å². The quantitative estimate of drug-likeness (QED) is 0.646. The average molecular weight is 277 g/mol. The van der Waals surface area contributed by atoms with Crippen LogP contribution in [-0.2, 0) is 0 Å². The number of fused-ring (bicyclic) bond motifs is 1. The molecule has 0 spiro atoms. The van der Waals surface area contributed by atoms with Gasteiger partial charge >= 0.3 is 0 Å². The van der Waals surface area contributed by atoms with Gasteiger partial charge in [-0.3, -0.25) is 10.1 Å². The molecule has 7 nitrogen and oxygen atoms in total. The van der Waals surface area contributed by atoms with Gasteiger partial charge in [-0.05, 0) is 34.0 Å². The number of anilines is 1. The van der Waals surface area contributed by atoms with Crippen LogP contribution in [0.2, 0.25) is 0 Å². The van der Waals surface area contributed by atoms with Gasteiger partial charge in [0.25, 0.3) is 5.69 Å². The van der Waals surface area contributed by atoms with E-state index in [1.165, 1.54) is 12.1 Å². The Bertz CT molecular complexity index is 633. The highest BCUT2D eigenvalue weighted by molar-refractivity contribution is 5.79. The molecule has 0 aliphatic rings. The third-order valence-corrected chi connectivity index (χ3v) is 3.58. The van der Waals surface area contributed by atoms with Gasteiger partial charge in [-0.1, -0.05) is 0 Å².